The number of imidazole rings is 1. The molecule has 1 saturated carbocycles. The molecule has 0 radical (unpaired) electrons. The number of carbonyl (C=O) groups excluding carboxylic acids is 1. The lowest BCUT2D eigenvalue weighted by atomic mass is 10.1. The van der Waals surface area contributed by atoms with Crippen molar-refractivity contribution in [3.05, 3.63) is 39.1 Å². The summed E-state index contributed by atoms with van der Waals surface area (Å²) in [5.74, 6) is 0.215. The Kier molecular flexibility index (Phi) is 5.83. The van der Waals surface area contributed by atoms with Crippen LogP contribution in [0.1, 0.15) is 47.1 Å². The molecule has 9 heteroatoms. The molecule has 4 rings (SSSR count). The highest BCUT2D eigenvalue weighted by Gasteiger charge is 2.39. The number of anilines is 2. The second-order valence-electron chi connectivity index (χ2n) is 8.52. The van der Waals surface area contributed by atoms with Gasteiger partial charge in [0.05, 0.1) is 11.4 Å². The molecule has 1 aliphatic heterocycles. The first-order chi connectivity index (χ1) is 14.6. The smallest absolute Gasteiger partial charge is 0.328 e. The molecular weight excluding hydrogens is 473 g/mol. The summed E-state index contributed by atoms with van der Waals surface area (Å²) in [7, 11) is 0. The Hall–Kier alpha value is -2.03. The molecule has 0 unspecified atom stereocenters. The van der Waals surface area contributed by atoms with Gasteiger partial charge < -0.3 is 14.4 Å². The maximum Gasteiger partial charge on any atom is 0.406 e. The molecule has 1 aromatic carbocycles. The minimum atomic E-state index is -4.43. The van der Waals surface area contributed by atoms with Gasteiger partial charge >= 0.3 is 6.18 Å². The van der Waals surface area contributed by atoms with Gasteiger partial charge in [0, 0.05) is 24.1 Å². The van der Waals surface area contributed by atoms with Gasteiger partial charge in [0.25, 0.3) is 5.91 Å². The van der Waals surface area contributed by atoms with E-state index in [0.29, 0.717) is 36.8 Å². The zero-order chi connectivity index (χ0) is 22.5. The molecule has 0 bridgehead atoms. The molecule has 0 spiro atoms. The van der Waals surface area contributed by atoms with Crippen LogP contribution in [0.5, 0.6) is 0 Å². The van der Waals surface area contributed by atoms with Crippen molar-refractivity contribution in [3.63, 3.8) is 0 Å². The Morgan fingerprint density at radius 3 is 2.55 bits per heavy atom. The summed E-state index contributed by atoms with van der Waals surface area (Å²) in [6, 6.07) is 4.11. The van der Waals surface area contributed by atoms with Gasteiger partial charge in [0.1, 0.15) is 12.2 Å². The van der Waals surface area contributed by atoms with Crippen molar-refractivity contribution < 1.29 is 18.0 Å². The summed E-state index contributed by atoms with van der Waals surface area (Å²) in [6.07, 6.45) is -2.20. The average molecular weight is 499 g/mol. The summed E-state index contributed by atoms with van der Waals surface area (Å²) < 4.78 is 42.4. The van der Waals surface area contributed by atoms with Crippen LogP contribution >= 0.6 is 15.9 Å². The van der Waals surface area contributed by atoms with Crippen molar-refractivity contribution in [2.24, 2.45) is 5.92 Å². The third-order valence-electron chi connectivity index (χ3n) is 5.85. The van der Waals surface area contributed by atoms with Crippen molar-refractivity contribution in [2.75, 3.05) is 24.5 Å². The molecule has 2 aliphatic rings. The van der Waals surface area contributed by atoms with E-state index in [-0.39, 0.29) is 12.5 Å². The molecule has 0 atom stereocenters. The second-order valence-corrected chi connectivity index (χ2v) is 9.37. The summed E-state index contributed by atoms with van der Waals surface area (Å²) in [5, 5.41) is 0. The van der Waals surface area contributed by atoms with Crippen molar-refractivity contribution in [1.29, 1.82) is 0 Å². The maximum absolute atomic E-state index is 13.3. The van der Waals surface area contributed by atoms with Gasteiger partial charge in [-0.25, -0.2) is 4.98 Å². The first-order valence-electron chi connectivity index (χ1n) is 10.6. The Bertz CT molecular complexity index is 990. The van der Waals surface area contributed by atoms with Crippen LogP contribution < -0.4 is 4.90 Å². The van der Waals surface area contributed by atoms with E-state index in [1.807, 2.05) is 31.7 Å². The number of aryl methyl sites for hydroxylation is 3. The lowest BCUT2D eigenvalue weighted by Gasteiger charge is -2.24. The highest BCUT2D eigenvalue weighted by molar-refractivity contribution is 9.10. The van der Waals surface area contributed by atoms with Crippen LogP contribution in [-0.2, 0) is 13.0 Å². The number of aromatic nitrogens is 2. The average Bonchev–Trinajstić information content (AvgIpc) is 3.27. The van der Waals surface area contributed by atoms with Gasteiger partial charge in [0.2, 0.25) is 5.95 Å². The van der Waals surface area contributed by atoms with Crippen molar-refractivity contribution in [3.8, 4) is 0 Å². The van der Waals surface area contributed by atoms with Crippen LogP contribution in [0.25, 0.3) is 0 Å². The number of nitrogens with zero attached hydrogens (tertiary/aromatic N) is 4. The second kappa shape index (κ2) is 8.15. The summed E-state index contributed by atoms with van der Waals surface area (Å²) in [6.45, 7) is 5.96. The fourth-order valence-corrected chi connectivity index (χ4v) is 5.24. The number of alkyl halides is 3. The minimum absolute atomic E-state index is 0.147. The molecule has 1 aromatic heterocycles. The first kappa shape index (κ1) is 22.2. The van der Waals surface area contributed by atoms with E-state index in [2.05, 4.69) is 22.0 Å². The SMILES string of the molecule is CCc1nc2n(c1C(=O)N(CC1CC1)CC(F)(F)F)CCN2c1c(C)cc(C)cc1Br. The monoisotopic (exact) mass is 498 g/mol. The number of benzene rings is 1. The third-order valence-corrected chi connectivity index (χ3v) is 6.45. The van der Waals surface area contributed by atoms with Gasteiger partial charge in [-0.15, -0.1) is 0 Å². The van der Waals surface area contributed by atoms with Gasteiger partial charge in [0.15, 0.2) is 0 Å². The van der Waals surface area contributed by atoms with Gasteiger partial charge in [-0.1, -0.05) is 13.0 Å². The molecule has 2 aromatic rings. The van der Waals surface area contributed by atoms with Crippen LogP contribution in [0.15, 0.2) is 16.6 Å². The molecule has 31 heavy (non-hydrogen) atoms. The zero-order valence-electron chi connectivity index (χ0n) is 17.9. The van der Waals surface area contributed by atoms with Crippen LogP contribution in [-0.4, -0.2) is 46.2 Å². The number of hydrogen-bond donors (Lipinski definition) is 0. The standard InChI is InChI=1S/C22H26BrF3N4O/c1-4-17-19(20(31)28(11-15-5-6-15)12-22(24,25)26)30-8-7-29(21(30)27-17)18-14(3)9-13(2)10-16(18)23/h9-10,15H,4-8,11-12H2,1-3H3. The first-order valence-corrected chi connectivity index (χ1v) is 11.4. The van der Waals surface area contributed by atoms with E-state index in [0.717, 1.165) is 39.0 Å². The van der Waals surface area contributed by atoms with Crippen LogP contribution in [0.3, 0.4) is 0 Å². The highest BCUT2D eigenvalue weighted by Crippen LogP contribution is 2.40. The topological polar surface area (TPSA) is 41.4 Å². The molecule has 1 amide bonds. The molecule has 0 saturated heterocycles. The lowest BCUT2D eigenvalue weighted by Crippen LogP contribution is -2.41. The van der Waals surface area contributed by atoms with Gasteiger partial charge in [-0.2, -0.15) is 13.2 Å². The number of amides is 1. The molecular formula is C22H26BrF3N4O. The summed E-state index contributed by atoms with van der Waals surface area (Å²) in [4.78, 5) is 21.1. The van der Waals surface area contributed by atoms with Crippen molar-refractivity contribution in [2.45, 2.75) is 52.8 Å². The van der Waals surface area contributed by atoms with E-state index >= 15 is 0 Å². The van der Waals surface area contributed by atoms with Crippen LogP contribution in [0, 0.1) is 19.8 Å². The lowest BCUT2D eigenvalue weighted by molar-refractivity contribution is -0.141. The van der Waals surface area contributed by atoms with E-state index < -0.39 is 18.6 Å². The number of fused-ring (bicyclic) bond motifs is 1. The largest absolute Gasteiger partial charge is 0.406 e. The van der Waals surface area contributed by atoms with E-state index in [4.69, 9.17) is 4.98 Å². The van der Waals surface area contributed by atoms with Gasteiger partial charge in [-0.05, 0) is 72.2 Å². The maximum atomic E-state index is 13.3. The Labute approximate surface area is 188 Å². The molecule has 1 fully saturated rings. The van der Waals surface area contributed by atoms with Crippen LogP contribution in [0.4, 0.5) is 24.8 Å². The molecule has 2 heterocycles. The minimum Gasteiger partial charge on any atom is -0.328 e. The quantitative estimate of drug-likeness (QED) is 0.535. The Balaban J connectivity index is 1.73. The van der Waals surface area contributed by atoms with Crippen molar-refractivity contribution in [1.82, 2.24) is 14.5 Å². The van der Waals surface area contributed by atoms with E-state index in [1.54, 1.807) is 4.57 Å². The third kappa shape index (κ3) is 4.47. The molecule has 1 aliphatic carbocycles. The normalized spacial score (nSPS) is 16.0. The summed E-state index contributed by atoms with van der Waals surface area (Å²) >= 11 is 3.64. The highest BCUT2D eigenvalue weighted by atomic mass is 79.9. The Morgan fingerprint density at radius 1 is 1.26 bits per heavy atom. The number of carbonyl (C=O) groups is 1. The number of rotatable bonds is 6. The molecule has 0 N–H and O–H groups in total. The van der Waals surface area contributed by atoms with Crippen LogP contribution in [0.2, 0.25) is 0 Å². The van der Waals surface area contributed by atoms with Crippen molar-refractivity contribution >= 4 is 33.5 Å². The van der Waals surface area contributed by atoms with E-state index in [9.17, 15) is 18.0 Å². The molecule has 5 nitrogen and oxygen atoms in total. The van der Waals surface area contributed by atoms with E-state index in [1.165, 1.54) is 0 Å². The fourth-order valence-electron chi connectivity index (χ4n) is 4.35. The Morgan fingerprint density at radius 2 is 1.97 bits per heavy atom. The number of hydrogen-bond acceptors (Lipinski definition) is 3. The van der Waals surface area contributed by atoms with Gasteiger partial charge in [-0.3, -0.25) is 4.79 Å². The zero-order valence-corrected chi connectivity index (χ0v) is 19.5. The predicted octanol–water partition coefficient (Wildman–Crippen LogP) is 5.39. The fraction of sp³-hybridized carbons (Fsp3) is 0.545. The molecule has 168 valence electrons. The number of halogens is 4. The predicted molar refractivity (Wildman–Crippen MR) is 117 cm³/mol. The summed E-state index contributed by atoms with van der Waals surface area (Å²) in [5.41, 5.74) is 4.02.